The second-order valence-electron chi connectivity index (χ2n) is 6.46. The molecule has 2 heteroatoms. The fraction of sp³-hybridized carbons (Fsp3) is 0.261. The van der Waals surface area contributed by atoms with Crippen molar-refractivity contribution < 1.29 is 4.57 Å². The topological polar surface area (TPSA) is 29.9 Å². The average Bonchev–Trinajstić information content (AvgIpc) is 2.67. The molecule has 2 N–H and O–H groups in total. The Morgan fingerprint density at radius 1 is 0.760 bits per heavy atom. The molecule has 0 atom stereocenters. The van der Waals surface area contributed by atoms with Crippen LogP contribution in [0.2, 0.25) is 0 Å². The van der Waals surface area contributed by atoms with Gasteiger partial charge < -0.3 is 5.73 Å². The number of unbranched alkanes of at least 4 members (excludes halogenated alkanes) is 3. The lowest BCUT2D eigenvalue weighted by atomic mass is 10.1. The van der Waals surface area contributed by atoms with E-state index in [0.717, 1.165) is 19.5 Å². The molecule has 0 unspecified atom stereocenters. The van der Waals surface area contributed by atoms with Gasteiger partial charge in [0.15, 0.2) is 6.20 Å². The van der Waals surface area contributed by atoms with Gasteiger partial charge in [0.1, 0.15) is 6.54 Å². The standard InChI is InChI=1S/C23H27N2/c24-16-6-1-2-7-17-25-18-8-5-11-23(25)15-13-20-12-14-21-9-3-4-10-22(21)19-20/h3-5,8-15,18-19H,1-2,6-7,16-17,24H2/q+1/b15-13+. The number of nitrogens with zero attached hydrogens (tertiary/aromatic N) is 1. The van der Waals surface area contributed by atoms with Gasteiger partial charge in [0, 0.05) is 24.6 Å². The van der Waals surface area contributed by atoms with Crippen LogP contribution >= 0.6 is 0 Å². The number of fused-ring (bicyclic) bond motifs is 1. The molecule has 0 aliphatic rings. The maximum Gasteiger partial charge on any atom is 0.205 e. The molecule has 0 radical (unpaired) electrons. The van der Waals surface area contributed by atoms with Crippen molar-refractivity contribution >= 4 is 22.9 Å². The highest BCUT2D eigenvalue weighted by atomic mass is 14.9. The highest BCUT2D eigenvalue weighted by Crippen LogP contribution is 2.17. The van der Waals surface area contributed by atoms with E-state index in [2.05, 4.69) is 83.6 Å². The summed E-state index contributed by atoms with van der Waals surface area (Å²) < 4.78 is 2.33. The summed E-state index contributed by atoms with van der Waals surface area (Å²) in [4.78, 5) is 0. The summed E-state index contributed by atoms with van der Waals surface area (Å²) in [6, 6.07) is 21.5. The van der Waals surface area contributed by atoms with Crippen molar-refractivity contribution in [1.82, 2.24) is 0 Å². The van der Waals surface area contributed by atoms with Gasteiger partial charge in [-0.3, -0.25) is 0 Å². The van der Waals surface area contributed by atoms with Gasteiger partial charge >= 0.3 is 0 Å². The van der Waals surface area contributed by atoms with Crippen molar-refractivity contribution in [3.63, 3.8) is 0 Å². The fourth-order valence-electron chi connectivity index (χ4n) is 3.12. The molecular weight excluding hydrogens is 304 g/mol. The predicted octanol–water partition coefficient (Wildman–Crippen LogP) is 4.82. The molecule has 0 saturated carbocycles. The molecule has 1 aromatic heterocycles. The van der Waals surface area contributed by atoms with Gasteiger partial charge in [0.05, 0.1) is 0 Å². The zero-order valence-electron chi connectivity index (χ0n) is 14.8. The molecule has 3 aromatic rings. The van der Waals surface area contributed by atoms with Crippen molar-refractivity contribution in [3.8, 4) is 0 Å². The molecule has 3 rings (SSSR count). The molecule has 0 aliphatic heterocycles. The van der Waals surface area contributed by atoms with Crippen LogP contribution in [0.4, 0.5) is 0 Å². The van der Waals surface area contributed by atoms with E-state index in [1.165, 1.54) is 41.3 Å². The predicted molar refractivity (Wildman–Crippen MR) is 107 cm³/mol. The van der Waals surface area contributed by atoms with Crippen LogP contribution in [0.1, 0.15) is 36.9 Å². The minimum absolute atomic E-state index is 0.804. The maximum absolute atomic E-state index is 5.56. The number of hydrogen-bond donors (Lipinski definition) is 1. The summed E-state index contributed by atoms with van der Waals surface area (Å²) in [7, 11) is 0. The second kappa shape index (κ2) is 9.14. The SMILES string of the molecule is NCCCCCC[n+]1ccccc1/C=C/c1ccc2ccccc2c1. The lowest BCUT2D eigenvalue weighted by molar-refractivity contribution is -0.699. The van der Waals surface area contributed by atoms with Crippen molar-refractivity contribution in [3.05, 3.63) is 78.1 Å². The first kappa shape index (κ1) is 17.4. The van der Waals surface area contributed by atoms with Crippen LogP contribution in [-0.2, 0) is 6.54 Å². The van der Waals surface area contributed by atoms with Crippen molar-refractivity contribution in [1.29, 1.82) is 0 Å². The van der Waals surface area contributed by atoms with E-state index in [1.807, 2.05) is 0 Å². The number of pyridine rings is 1. The highest BCUT2D eigenvalue weighted by molar-refractivity contribution is 5.85. The summed E-state index contributed by atoms with van der Waals surface area (Å²) in [5, 5.41) is 2.57. The molecule has 128 valence electrons. The number of hydrogen-bond acceptors (Lipinski definition) is 1. The van der Waals surface area contributed by atoms with Crippen LogP contribution < -0.4 is 10.3 Å². The second-order valence-corrected chi connectivity index (χ2v) is 6.46. The fourth-order valence-corrected chi connectivity index (χ4v) is 3.12. The minimum atomic E-state index is 0.804. The van der Waals surface area contributed by atoms with Crippen LogP contribution in [0.25, 0.3) is 22.9 Å². The Hall–Kier alpha value is -2.45. The largest absolute Gasteiger partial charge is 0.330 e. The monoisotopic (exact) mass is 331 g/mol. The van der Waals surface area contributed by atoms with Crippen LogP contribution in [-0.4, -0.2) is 6.54 Å². The maximum atomic E-state index is 5.56. The molecule has 0 aliphatic carbocycles. The van der Waals surface area contributed by atoms with E-state index in [0.29, 0.717) is 0 Å². The summed E-state index contributed by atoms with van der Waals surface area (Å²) in [6.07, 6.45) is 11.4. The van der Waals surface area contributed by atoms with Gasteiger partial charge in [-0.1, -0.05) is 42.8 Å². The number of rotatable bonds is 8. The van der Waals surface area contributed by atoms with Crippen molar-refractivity contribution in [2.75, 3.05) is 6.54 Å². The van der Waals surface area contributed by atoms with E-state index in [9.17, 15) is 0 Å². The van der Waals surface area contributed by atoms with E-state index in [1.54, 1.807) is 0 Å². The van der Waals surface area contributed by atoms with Gasteiger partial charge in [-0.15, -0.1) is 0 Å². The number of aryl methyl sites for hydroxylation is 1. The quantitative estimate of drug-likeness (QED) is 0.465. The Morgan fingerprint density at radius 2 is 1.56 bits per heavy atom. The van der Waals surface area contributed by atoms with Gasteiger partial charge in [-0.2, -0.15) is 4.57 Å². The van der Waals surface area contributed by atoms with E-state index in [4.69, 9.17) is 5.73 Å². The summed E-state index contributed by atoms with van der Waals surface area (Å²) >= 11 is 0. The summed E-state index contributed by atoms with van der Waals surface area (Å²) in [5.41, 5.74) is 8.04. The first-order valence-corrected chi connectivity index (χ1v) is 9.22. The summed E-state index contributed by atoms with van der Waals surface area (Å²) in [6.45, 7) is 1.86. The molecule has 2 nitrogen and oxygen atoms in total. The Balaban J connectivity index is 1.69. The van der Waals surface area contributed by atoms with Crippen LogP contribution in [0.3, 0.4) is 0 Å². The van der Waals surface area contributed by atoms with Gasteiger partial charge in [0.25, 0.3) is 0 Å². The Kier molecular flexibility index (Phi) is 6.35. The molecule has 0 spiro atoms. The lowest BCUT2D eigenvalue weighted by Crippen LogP contribution is -2.36. The smallest absolute Gasteiger partial charge is 0.205 e. The van der Waals surface area contributed by atoms with Crippen LogP contribution in [0.5, 0.6) is 0 Å². The number of nitrogens with two attached hydrogens (primary N) is 1. The third-order valence-electron chi connectivity index (χ3n) is 4.55. The molecule has 1 heterocycles. The number of benzene rings is 2. The van der Waals surface area contributed by atoms with Gasteiger partial charge in [-0.05, 0) is 53.9 Å². The zero-order chi connectivity index (χ0) is 17.3. The Morgan fingerprint density at radius 3 is 2.44 bits per heavy atom. The molecule has 0 saturated heterocycles. The Labute approximate surface area is 150 Å². The lowest BCUT2D eigenvalue weighted by Gasteiger charge is -2.02. The van der Waals surface area contributed by atoms with Gasteiger partial charge in [-0.25, -0.2) is 0 Å². The minimum Gasteiger partial charge on any atom is -0.330 e. The zero-order valence-corrected chi connectivity index (χ0v) is 14.8. The van der Waals surface area contributed by atoms with Crippen LogP contribution in [0.15, 0.2) is 66.9 Å². The molecule has 25 heavy (non-hydrogen) atoms. The van der Waals surface area contributed by atoms with Crippen molar-refractivity contribution in [2.24, 2.45) is 5.73 Å². The van der Waals surface area contributed by atoms with E-state index < -0.39 is 0 Å². The summed E-state index contributed by atoms with van der Waals surface area (Å²) in [5.74, 6) is 0. The molecule has 0 bridgehead atoms. The highest BCUT2D eigenvalue weighted by Gasteiger charge is 2.06. The van der Waals surface area contributed by atoms with E-state index in [-0.39, 0.29) is 0 Å². The Bertz CT molecular complexity index is 836. The first-order chi connectivity index (χ1) is 12.4. The third-order valence-corrected chi connectivity index (χ3v) is 4.55. The van der Waals surface area contributed by atoms with Gasteiger partial charge in [0.2, 0.25) is 5.69 Å². The van der Waals surface area contributed by atoms with Crippen molar-refractivity contribution in [2.45, 2.75) is 32.2 Å². The average molecular weight is 331 g/mol. The van der Waals surface area contributed by atoms with Crippen LogP contribution in [0, 0.1) is 0 Å². The number of aromatic nitrogens is 1. The first-order valence-electron chi connectivity index (χ1n) is 9.22. The molecule has 0 fully saturated rings. The molecular formula is C23H27N2+. The molecule has 0 amide bonds. The normalized spacial score (nSPS) is 11.4. The molecule has 2 aromatic carbocycles. The third kappa shape index (κ3) is 5.01. The van der Waals surface area contributed by atoms with E-state index >= 15 is 0 Å².